The zero-order valence-electron chi connectivity index (χ0n) is 17.7. The number of aliphatic hydroxyl groups excluding tert-OH is 2. The number of aromatic nitrogens is 3. The van der Waals surface area contributed by atoms with Gasteiger partial charge in [0.25, 0.3) is 0 Å². The number of nitrogens with zero attached hydrogens (tertiary/aromatic N) is 5. The van der Waals surface area contributed by atoms with Crippen LogP contribution in [0.1, 0.15) is 28.8 Å². The van der Waals surface area contributed by atoms with Gasteiger partial charge in [-0.15, -0.1) is 11.3 Å². The highest BCUT2D eigenvalue weighted by Gasteiger charge is 2.30. The molecule has 3 aromatic rings. The third kappa shape index (κ3) is 4.15. The predicted octanol–water partition coefficient (Wildman–Crippen LogP) is 2.50. The molecule has 2 unspecified atom stereocenters. The summed E-state index contributed by atoms with van der Waals surface area (Å²) >= 11 is 1.33. The van der Waals surface area contributed by atoms with Gasteiger partial charge in [0.1, 0.15) is 29.1 Å². The van der Waals surface area contributed by atoms with Crippen LogP contribution in [0.5, 0.6) is 0 Å². The number of morpholine rings is 1. The van der Waals surface area contributed by atoms with Crippen LogP contribution < -0.4 is 9.80 Å². The molecule has 5 rings (SSSR count). The van der Waals surface area contributed by atoms with Crippen LogP contribution in [0.2, 0.25) is 0 Å². The van der Waals surface area contributed by atoms with Crippen LogP contribution in [-0.4, -0.2) is 64.6 Å². The van der Waals surface area contributed by atoms with Gasteiger partial charge in [-0.1, -0.05) is 0 Å². The molecule has 2 saturated heterocycles. The summed E-state index contributed by atoms with van der Waals surface area (Å²) in [5.41, 5.74) is 1.24. The van der Waals surface area contributed by atoms with E-state index in [2.05, 4.69) is 19.9 Å². The summed E-state index contributed by atoms with van der Waals surface area (Å²) in [5.74, 6) is 0.377. The topological polar surface area (TPSA) is 94.8 Å². The first-order valence-corrected chi connectivity index (χ1v) is 11.7. The van der Waals surface area contributed by atoms with E-state index in [1.807, 2.05) is 4.90 Å². The number of thiazole rings is 1. The smallest absolute Gasteiger partial charge is 0.147 e. The van der Waals surface area contributed by atoms with Crippen molar-refractivity contribution in [3.05, 3.63) is 40.4 Å². The number of halogens is 1. The first kappa shape index (κ1) is 21.4. The molecular weight excluding hydrogens is 433 g/mol. The predicted molar refractivity (Wildman–Crippen MR) is 120 cm³/mol. The highest BCUT2D eigenvalue weighted by atomic mass is 32.1. The molecule has 2 fully saturated rings. The number of piperidine rings is 1. The number of hydrogen-bond donors (Lipinski definition) is 2. The van der Waals surface area contributed by atoms with E-state index in [4.69, 9.17) is 4.74 Å². The van der Waals surface area contributed by atoms with Gasteiger partial charge in [-0.2, -0.15) is 0 Å². The molecule has 2 aromatic heterocycles. The van der Waals surface area contributed by atoms with Crippen molar-refractivity contribution in [1.82, 2.24) is 15.0 Å². The zero-order valence-corrected chi connectivity index (χ0v) is 18.5. The highest BCUT2D eigenvalue weighted by molar-refractivity contribution is 7.11. The molecule has 2 aliphatic heterocycles. The minimum atomic E-state index is -0.708. The summed E-state index contributed by atoms with van der Waals surface area (Å²) in [4.78, 5) is 18.0. The lowest BCUT2D eigenvalue weighted by Crippen LogP contribution is -2.38. The Bertz CT molecular complexity index is 1090. The Morgan fingerprint density at radius 3 is 2.78 bits per heavy atom. The largest absolute Gasteiger partial charge is 0.391 e. The van der Waals surface area contributed by atoms with Crippen molar-refractivity contribution >= 4 is 33.7 Å². The number of hydrogen-bond acceptors (Lipinski definition) is 9. The maximum absolute atomic E-state index is 15.1. The minimum absolute atomic E-state index is 0.0241. The fourth-order valence-electron chi connectivity index (χ4n) is 4.54. The molecule has 0 amide bonds. The Morgan fingerprint density at radius 1 is 1.16 bits per heavy atom. The van der Waals surface area contributed by atoms with Crippen LogP contribution in [0.4, 0.5) is 15.9 Å². The van der Waals surface area contributed by atoms with E-state index in [1.165, 1.54) is 23.7 Å². The van der Waals surface area contributed by atoms with Gasteiger partial charge in [0, 0.05) is 43.7 Å². The Morgan fingerprint density at radius 2 is 2.00 bits per heavy atom. The van der Waals surface area contributed by atoms with E-state index in [0.29, 0.717) is 60.3 Å². The quantitative estimate of drug-likeness (QED) is 0.601. The molecular formula is C22H26FN5O3S. The second-order valence-corrected chi connectivity index (χ2v) is 9.38. The molecule has 0 radical (unpaired) electrons. The summed E-state index contributed by atoms with van der Waals surface area (Å²) in [6.45, 7) is 3.77. The Kier molecular flexibility index (Phi) is 6.18. The van der Waals surface area contributed by atoms with Crippen molar-refractivity contribution in [2.24, 2.45) is 5.92 Å². The Hall–Kier alpha value is -2.40. The molecule has 32 heavy (non-hydrogen) atoms. The normalized spacial score (nSPS) is 20.7. The van der Waals surface area contributed by atoms with E-state index in [0.717, 1.165) is 24.3 Å². The standard InChI is InChI=1S/C22H26FN5O3S/c23-17-8-16-18(9-19(17)27-4-6-31-7-5-27)25-13-26-21(16)28-3-1-2-14(11-28)20(30)22-24-10-15(12-29)32-22/h8-10,13-14,20,29-30H,1-7,11-12H2. The molecule has 170 valence electrons. The lowest BCUT2D eigenvalue weighted by atomic mass is 9.92. The average Bonchev–Trinajstić information content (AvgIpc) is 3.33. The Labute approximate surface area is 189 Å². The molecule has 0 aliphatic carbocycles. The van der Waals surface area contributed by atoms with Crippen molar-refractivity contribution in [3.8, 4) is 0 Å². The van der Waals surface area contributed by atoms with Gasteiger partial charge in [0.05, 0.1) is 35.9 Å². The van der Waals surface area contributed by atoms with E-state index >= 15 is 4.39 Å². The molecule has 0 spiro atoms. The van der Waals surface area contributed by atoms with Crippen LogP contribution in [0.25, 0.3) is 10.9 Å². The van der Waals surface area contributed by atoms with E-state index in [9.17, 15) is 10.2 Å². The SMILES string of the molecule is OCc1cnc(C(O)C2CCCN(c3ncnc4cc(N5CCOCC5)c(F)cc34)C2)s1. The molecule has 8 nitrogen and oxygen atoms in total. The van der Waals surface area contributed by atoms with Crippen LogP contribution in [0, 0.1) is 11.7 Å². The monoisotopic (exact) mass is 459 g/mol. The highest BCUT2D eigenvalue weighted by Crippen LogP contribution is 2.36. The van der Waals surface area contributed by atoms with Gasteiger partial charge in [0.2, 0.25) is 0 Å². The van der Waals surface area contributed by atoms with E-state index in [-0.39, 0.29) is 18.3 Å². The van der Waals surface area contributed by atoms with Crippen molar-refractivity contribution < 1.29 is 19.3 Å². The van der Waals surface area contributed by atoms with Crippen LogP contribution >= 0.6 is 11.3 Å². The Balaban J connectivity index is 1.41. The number of ether oxygens (including phenoxy) is 1. The molecule has 0 bridgehead atoms. The minimum Gasteiger partial charge on any atom is -0.391 e. The maximum Gasteiger partial charge on any atom is 0.147 e. The summed E-state index contributed by atoms with van der Waals surface area (Å²) in [5, 5.41) is 21.5. The fraction of sp³-hybridized carbons (Fsp3) is 0.500. The first-order chi connectivity index (χ1) is 15.6. The average molecular weight is 460 g/mol. The van der Waals surface area contributed by atoms with Crippen LogP contribution in [0.3, 0.4) is 0 Å². The lowest BCUT2D eigenvalue weighted by molar-refractivity contribution is 0.0977. The number of anilines is 2. The summed E-state index contributed by atoms with van der Waals surface area (Å²) in [6.07, 6.45) is 4.18. The third-order valence-corrected chi connectivity index (χ3v) is 7.27. The lowest BCUT2D eigenvalue weighted by Gasteiger charge is -2.36. The third-order valence-electron chi connectivity index (χ3n) is 6.22. The van der Waals surface area contributed by atoms with Crippen molar-refractivity contribution in [2.75, 3.05) is 49.2 Å². The second kappa shape index (κ2) is 9.22. The van der Waals surface area contributed by atoms with Gasteiger partial charge in [-0.05, 0) is 25.0 Å². The van der Waals surface area contributed by atoms with Gasteiger partial charge in [-0.25, -0.2) is 19.3 Å². The van der Waals surface area contributed by atoms with E-state index in [1.54, 1.807) is 12.3 Å². The number of fused-ring (bicyclic) bond motifs is 1. The maximum atomic E-state index is 15.1. The van der Waals surface area contributed by atoms with Gasteiger partial charge in [-0.3, -0.25) is 0 Å². The van der Waals surface area contributed by atoms with Gasteiger partial charge < -0.3 is 24.7 Å². The zero-order chi connectivity index (χ0) is 22.1. The first-order valence-electron chi connectivity index (χ1n) is 10.9. The molecule has 4 heterocycles. The summed E-state index contributed by atoms with van der Waals surface area (Å²) in [6, 6.07) is 3.33. The fourth-order valence-corrected chi connectivity index (χ4v) is 5.40. The second-order valence-electron chi connectivity index (χ2n) is 8.23. The number of rotatable bonds is 5. The summed E-state index contributed by atoms with van der Waals surface area (Å²) in [7, 11) is 0. The van der Waals surface area contributed by atoms with Gasteiger partial charge in [0.15, 0.2) is 0 Å². The van der Waals surface area contributed by atoms with Crippen molar-refractivity contribution in [2.45, 2.75) is 25.6 Å². The van der Waals surface area contributed by atoms with E-state index < -0.39 is 6.10 Å². The molecule has 2 atom stereocenters. The number of aliphatic hydroxyl groups is 2. The van der Waals surface area contributed by atoms with Crippen LogP contribution in [-0.2, 0) is 11.3 Å². The van der Waals surface area contributed by atoms with Crippen LogP contribution in [0.15, 0.2) is 24.7 Å². The molecule has 2 aliphatic rings. The summed E-state index contributed by atoms with van der Waals surface area (Å²) < 4.78 is 20.5. The van der Waals surface area contributed by atoms with Crippen molar-refractivity contribution in [1.29, 1.82) is 0 Å². The molecule has 2 N–H and O–H groups in total. The van der Waals surface area contributed by atoms with Crippen molar-refractivity contribution in [3.63, 3.8) is 0 Å². The molecule has 10 heteroatoms. The molecule has 1 aromatic carbocycles. The van der Waals surface area contributed by atoms with Gasteiger partial charge >= 0.3 is 0 Å². The number of benzene rings is 1. The molecule has 0 saturated carbocycles.